The average molecular weight is 265 g/mol. The summed E-state index contributed by atoms with van der Waals surface area (Å²) >= 11 is 5.28. The van der Waals surface area contributed by atoms with Crippen molar-refractivity contribution in [1.29, 1.82) is 0 Å². The van der Waals surface area contributed by atoms with Crippen LogP contribution in [0, 0.1) is 0 Å². The van der Waals surface area contributed by atoms with Gasteiger partial charge in [-0.1, -0.05) is 0 Å². The third-order valence-corrected chi connectivity index (χ3v) is 2.28. The lowest BCUT2D eigenvalue weighted by Crippen LogP contribution is -2.45. The molecule has 0 aliphatic carbocycles. The van der Waals surface area contributed by atoms with Crippen LogP contribution in [0.15, 0.2) is 12.3 Å². The first kappa shape index (κ1) is 13.8. The number of hydrogen-bond donors (Lipinski definition) is 1. The molecule has 3 atom stereocenters. The van der Waals surface area contributed by atoms with Crippen LogP contribution >= 0.6 is 11.6 Å². The molecule has 1 N–H and O–H groups in total. The Balaban J connectivity index is 2.52. The van der Waals surface area contributed by atoms with Crippen LogP contribution in [0.25, 0.3) is 0 Å². The number of esters is 2. The number of rotatable bonds is 4. The second-order valence-corrected chi connectivity index (χ2v) is 3.65. The second-order valence-electron chi connectivity index (χ2n) is 3.38. The largest absolute Gasteiger partial charge is 0.492 e. The van der Waals surface area contributed by atoms with Crippen molar-refractivity contribution in [2.75, 3.05) is 12.5 Å². The summed E-state index contributed by atoms with van der Waals surface area (Å²) in [6.45, 7) is 1.13. The second kappa shape index (κ2) is 6.46. The number of hydrogen-bond acceptors (Lipinski definition) is 6. The first-order chi connectivity index (χ1) is 8.04. The summed E-state index contributed by atoms with van der Waals surface area (Å²) in [5.74, 6) is -1.43. The van der Waals surface area contributed by atoms with Crippen LogP contribution in [-0.2, 0) is 23.8 Å². The topological polar surface area (TPSA) is 82.1 Å². The van der Waals surface area contributed by atoms with Crippen molar-refractivity contribution in [1.82, 2.24) is 0 Å². The van der Waals surface area contributed by atoms with Crippen LogP contribution in [0.5, 0.6) is 0 Å². The minimum absolute atomic E-state index is 0.115. The van der Waals surface area contributed by atoms with E-state index in [-0.39, 0.29) is 12.5 Å². The molecule has 0 saturated carbocycles. The Morgan fingerprint density at radius 1 is 1.53 bits per heavy atom. The van der Waals surface area contributed by atoms with Gasteiger partial charge in [0.1, 0.15) is 18.6 Å². The average Bonchev–Trinajstić information content (AvgIpc) is 2.30. The standard InChI is InChI=1S/C10H13ClO6/c1-6(12)16-5-8-10(14)7(2-3-15-8)17-9(13)4-11/h2-3,7-8,10,14H,4-5H2,1H3/t7-,8-,10-/m1/s1. The van der Waals surface area contributed by atoms with Gasteiger partial charge in [0, 0.05) is 6.92 Å². The van der Waals surface area contributed by atoms with Gasteiger partial charge in [-0.2, -0.15) is 0 Å². The Kier molecular flexibility index (Phi) is 5.24. The van der Waals surface area contributed by atoms with Gasteiger partial charge < -0.3 is 19.3 Å². The molecule has 6 nitrogen and oxygen atoms in total. The number of aliphatic hydroxyl groups excluding tert-OH is 1. The number of carbonyl (C=O) groups is 2. The van der Waals surface area contributed by atoms with Crippen molar-refractivity contribution in [2.45, 2.75) is 25.2 Å². The van der Waals surface area contributed by atoms with Gasteiger partial charge in [0.05, 0.1) is 6.26 Å². The normalized spacial score (nSPS) is 27.1. The number of ether oxygens (including phenoxy) is 3. The van der Waals surface area contributed by atoms with Gasteiger partial charge in [0.25, 0.3) is 0 Å². The molecule has 0 radical (unpaired) electrons. The molecule has 17 heavy (non-hydrogen) atoms. The van der Waals surface area contributed by atoms with Gasteiger partial charge in [-0.15, -0.1) is 11.6 Å². The van der Waals surface area contributed by atoms with E-state index < -0.39 is 30.3 Å². The lowest BCUT2D eigenvalue weighted by molar-refractivity contribution is -0.162. The summed E-state index contributed by atoms with van der Waals surface area (Å²) in [5, 5.41) is 9.80. The molecule has 0 bridgehead atoms. The molecule has 1 heterocycles. The maximum Gasteiger partial charge on any atom is 0.321 e. The minimum Gasteiger partial charge on any atom is -0.492 e. The molecule has 0 saturated heterocycles. The number of alkyl halides is 1. The molecule has 1 rings (SSSR count). The van der Waals surface area contributed by atoms with Gasteiger partial charge in [0.15, 0.2) is 12.2 Å². The molecule has 0 spiro atoms. The van der Waals surface area contributed by atoms with Gasteiger partial charge in [-0.05, 0) is 6.08 Å². The van der Waals surface area contributed by atoms with Crippen molar-refractivity contribution >= 4 is 23.5 Å². The van der Waals surface area contributed by atoms with E-state index >= 15 is 0 Å². The summed E-state index contributed by atoms with van der Waals surface area (Å²) in [5.41, 5.74) is 0. The lowest BCUT2D eigenvalue weighted by Gasteiger charge is -2.30. The number of carbonyl (C=O) groups excluding carboxylic acids is 2. The van der Waals surface area contributed by atoms with E-state index in [4.69, 9.17) is 25.8 Å². The Labute approximate surface area is 103 Å². The van der Waals surface area contributed by atoms with Crippen LogP contribution in [0.4, 0.5) is 0 Å². The molecular formula is C10H13ClO6. The van der Waals surface area contributed by atoms with E-state index in [0.717, 1.165) is 0 Å². The third-order valence-electron chi connectivity index (χ3n) is 2.07. The third kappa shape index (κ3) is 4.24. The molecule has 0 unspecified atom stereocenters. The van der Waals surface area contributed by atoms with Crippen LogP contribution in [0.1, 0.15) is 6.92 Å². The highest BCUT2D eigenvalue weighted by atomic mass is 35.5. The molecule has 0 aromatic heterocycles. The molecular weight excluding hydrogens is 252 g/mol. The zero-order valence-electron chi connectivity index (χ0n) is 9.17. The van der Waals surface area contributed by atoms with E-state index in [0.29, 0.717) is 0 Å². The maximum atomic E-state index is 11.0. The highest BCUT2D eigenvalue weighted by Crippen LogP contribution is 2.16. The lowest BCUT2D eigenvalue weighted by atomic mass is 10.1. The predicted molar refractivity (Wildman–Crippen MR) is 57.3 cm³/mol. The van der Waals surface area contributed by atoms with E-state index in [9.17, 15) is 14.7 Å². The Hall–Kier alpha value is -1.27. The van der Waals surface area contributed by atoms with Gasteiger partial charge in [-0.25, -0.2) is 0 Å². The summed E-state index contributed by atoms with van der Waals surface area (Å²) in [6.07, 6.45) is -0.0500. The van der Waals surface area contributed by atoms with Crippen molar-refractivity contribution < 1.29 is 28.9 Å². The summed E-state index contributed by atoms with van der Waals surface area (Å²) < 4.78 is 14.6. The summed E-state index contributed by atoms with van der Waals surface area (Å²) in [7, 11) is 0. The first-order valence-electron chi connectivity index (χ1n) is 4.93. The van der Waals surface area contributed by atoms with Crippen molar-refractivity contribution in [3.8, 4) is 0 Å². The smallest absolute Gasteiger partial charge is 0.321 e. The SMILES string of the molecule is CC(=O)OC[C@H]1OC=C[C@@H](OC(=O)CCl)[C@H]1O. The van der Waals surface area contributed by atoms with Crippen LogP contribution < -0.4 is 0 Å². The van der Waals surface area contributed by atoms with E-state index in [1.807, 2.05) is 0 Å². The monoisotopic (exact) mass is 264 g/mol. The van der Waals surface area contributed by atoms with Gasteiger partial charge in [0.2, 0.25) is 0 Å². The van der Waals surface area contributed by atoms with Crippen molar-refractivity contribution in [3.63, 3.8) is 0 Å². The molecule has 0 fully saturated rings. The van der Waals surface area contributed by atoms with Crippen molar-refractivity contribution in [3.05, 3.63) is 12.3 Å². The molecule has 0 amide bonds. The molecule has 0 aromatic rings. The van der Waals surface area contributed by atoms with Crippen LogP contribution in [-0.4, -0.2) is 47.8 Å². The molecule has 96 valence electrons. The van der Waals surface area contributed by atoms with E-state index in [2.05, 4.69) is 0 Å². The van der Waals surface area contributed by atoms with Gasteiger partial charge in [-0.3, -0.25) is 9.59 Å². The van der Waals surface area contributed by atoms with Crippen LogP contribution in [0.3, 0.4) is 0 Å². The molecule has 1 aliphatic heterocycles. The van der Waals surface area contributed by atoms with E-state index in [1.54, 1.807) is 0 Å². The quantitative estimate of drug-likeness (QED) is 0.567. The number of halogens is 1. The summed E-state index contributed by atoms with van der Waals surface area (Å²) in [6, 6.07) is 0. The predicted octanol–water partition coefficient (Wildman–Crippen LogP) is -0.0265. The Morgan fingerprint density at radius 2 is 2.24 bits per heavy atom. The fourth-order valence-corrected chi connectivity index (χ4v) is 1.32. The Bertz CT molecular complexity index is 316. The maximum absolute atomic E-state index is 11.0. The fourth-order valence-electron chi connectivity index (χ4n) is 1.26. The summed E-state index contributed by atoms with van der Waals surface area (Å²) in [4.78, 5) is 21.6. The molecule has 7 heteroatoms. The number of aliphatic hydroxyl groups is 1. The van der Waals surface area contributed by atoms with Crippen molar-refractivity contribution in [2.24, 2.45) is 0 Å². The van der Waals surface area contributed by atoms with Crippen LogP contribution in [0.2, 0.25) is 0 Å². The Morgan fingerprint density at radius 3 is 2.82 bits per heavy atom. The highest BCUT2D eigenvalue weighted by Gasteiger charge is 2.33. The first-order valence-corrected chi connectivity index (χ1v) is 5.47. The van der Waals surface area contributed by atoms with Gasteiger partial charge >= 0.3 is 11.9 Å². The fraction of sp³-hybridized carbons (Fsp3) is 0.600. The zero-order chi connectivity index (χ0) is 12.8. The zero-order valence-corrected chi connectivity index (χ0v) is 9.92. The molecule has 1 aliphatic rings. The minimum atomic E-state index is -1.11. The molecule has 0 aromatic carbocycles. The van der Waals surface area contributed by atoms with E-state index in [1.165, 1.54) is 19.3 Å². The highest BCUT2D eigenvalue weighted by molar-refractivity contribution is 6.26.